The number of carbonyl (C=O) groups excluding carboxylic acids is 1. The highest BCUT2D eigenvalue weighted by Crippen LogP contribution is 2.32. The average molecular weight is 472 g/mol. The first-order valence-electron chi connectivity index (χ1n) is 12.5. The van der Waals surface area contributed by atoms with Gasteiger partial charge in [0.15, 0.2) is 11.5 Å². The van der Waals surface area contributed by atoms with Crippen LogP contribution >= 0.6 is 0 Å². The Morgan fingerprint density at radius 2 is 1.79 bits per heavy atom. The summed E-state index contributed by atoms with van der Waals surface area (Å²) in [5.41, 5.74) is -0.781. The van der Waals surface area contributed by atoms with Crippen LogP contribution in [0.4, 0.5) is 0 Å². The van der Waals surface area contributed by atoms with E-state index in [1.54, 1.807) is 12.1 Å². The van der Waals surface area contributed by atoms with Gasteiger partial charge in [-0.25, -0.2) is 4.98 Å². The number of benzene rings is 1. The number of aromatic nitrogens is 2. The van der Waals surface area contributed by atoms with Crippen LogP contribution in [0.3, 0.4) is 0 Å². The predicted octanol–water partition coefficient (Wildman–Crippen LogP) is 3.37. The lowest BCUT2D eigenvalue weighted by molar-refractivity contribution is -0.140. The molecule has 0 radical (unpaired) electrons. The van der Waals surface area contributed by atoms with E-state index < -0.39 is 5.60 Å². The highest BCUT2D eigenvalue weighted by molar-refractivity contribution is 5.81. The van der Waals surface area contributed by atoms with Gasteiger partial charge in [-0.2, -0.15) is 0 Å². The van der Waals surface area contributed by atoms with Gasteiger partial charge in [0, 0.05) is 25.1 Å². The van der Waals surface area contributed by atoms with E-state index in [-0.39, 0.29) is 23.9 Å². The smallest absolute Gasteiger partial charge is 0.261 e. The Hall–Kier alpha value is -2.61. The number of ether oxygens (including phenoxy) is 2. The lowest BCUT2D eigenvalue weighted by Crippen LogP contribution is -2.50. The molecule has 0 bridgehead atoms. The van der Waals surface area contributed by atoms with E-state index in [0.717, 1.165) is 6.42 Å². The number of likely N-dealkylation sites (tertiary alicyclic amines) is 1. The molecule has 2 aromatic rings. The van der Waals surface area contributed by atoms with E-state index in [2.05, 4.69) is 4.98 Å². The number of methoxy groups -OCH3 is 2. The lowest BCUT2D eigenvalue weighted by Gasteiger charge is -2.39. The van der Waals surface area contributed by atoms with E-state index in [9.17, 15) is 14.7 Å². The summed E-state index contributed by atoms with van der Waals surface area (Å²) in [6, 6.07) is 3.30. The zero-order chi connectivity index (χ0) is 24.3. The molecule has 186 valence electrons. The van der Waals surface area contributed by atoms with Gasteiger partial charge in [0.2, 0.25) is 5.91 Å². The number of fused-ring (bicyclic) bond motifs is 1. The molecule has 2 fully saturated rings. The van der Waals surface area contributed by atoms with Gasteiger partial charge in [0.05, 0.1) is 43.6 Å². The first kappa shape index (κ1) is 24.5. The van der Waals surface area contributed by atoms with Crippen molar-refractivity contribution in [2.75, 3.05) is 27.3 Å². The molecule has 1 atom stereocenters. The summed E-state index contributed by atoms with van der Waals surface area (Å²) in [7, 11) is 3.06. The van der Waals surface area contributed by atoms with Crippen molar-refractivity contribution in [2.45, 2.75) is 70.4 Å². The van der Waals surface area contributed by atoms with Gasteiger partial charge in [0.1, 0.15) is 0 Å². The van der Waals surface area contributed by atoms with E-state index in [1.807, 2.05) is 11.8 Å². The van der Waals surface area contributed by atoms with Gasteiger partial charge in [-0.3, -0.25) is 14.2 Å². The molecule has 1 aromatic carbocycles. The molecule has 2 heterocycles. The van der Waals surface area contributed by atoms with Crippen LogP contribution in [0.15, 0.2) is 23.3 Å². The van der Waals surface area contributed by atoms with E-state index >= 15 is 0 Å². The fourth-order valence-electron chi connectivity index (χ4n) is 5.55. The molecule has 1 N–H and O–H groups in total. The van der Waals surface area contributed by atoms with Crippen LogP contribution in [0.5, 0.6) is 11.5 Å². The molecule has 0 unspecified atom stereocenters. The van der Waals surface area contributed by atoms with Crippen molar-refractivity contribution in [3.05, 3.63) is 28.8 Å². The van der Waals surface area contributed by atoms with Crippen LogP contribution in [0.1, 0.15) is 58.3 Å². The largest absolute Gasteiger partial charge is 0.493 e. The minimum Gasteiger partial charge on any atom is -0.493 e. The summed E-state index contributed by atoms with van der Waals surface area (Å²) in [6.45, 7) is 3.19. The Balaban J connectivity index is 1.41. The van der Waals surface area contributed by atoms with Crippen LogP contribution < -0.4 is 15.0 Å². The zero-order valence-electron chi connectivity index (χ0n) is 20.6. The number of amides is 1. The Labute approximate surface area is 200 Å². The molecular formula is C26H37N3O5. The van der Waals surface area contributed by atoms with Crippen LogP contribution in [-0.4, -0.2) is 58.4 Å². The molecule has 1 amide bonds. The third-order valence-electron chi connectivity index (χ3n) is 7.63. The molecule has 1 aliphatic heterocycles. The first-order valence-corrected chi connectivity index (χ1v) is 12.5. The molecular weight excluding hydrogens is 434 g/mol. The Morgan fingerprint density at radius 3 is 2.44 bits per heavy atom. The van der Waals surface area contributed by atoms with E-state index in [1.165, 1.54) is 57.2 Å². The highest BCUT2D eigenvalue weighted by atomic mass is 16.5. The zero-order valence-corrected chi connectivity index (χ0v) is 20.6. The quantitative estimate of drug-likeness (QED) is 0.665. The minimum atomic E-state index is -1.06. The molecule has 4 rings (SSSR count). The second-order valence-corrected chi connectivity index (χ2v) is 10.1. The molecule has 8 heteroatoms. The maximum absolute atomic E-state index is 13.1. The van der Waals surface area contributed by atoms with Crippen LogP contribution in [-0.2, 0) is 11.3 Å². The Bertz CT molecular complexity index is 1070. The standard InChI is InChI=1S/C26H37N3O5/c1-18(13-19-7-5-4-6-8-19)24(30)28-11-9-26(32,10-12-28)16-29-17-27-21-15-23(34-3)22(33-2)14-20(21)25(29)31/h14-15,17-19,32H,4-13,16H2,1-3H3/t18-/m1/s1. The van der Waals surface area contributed by atoms with Gasteiger partial charge in [0.25, 0.3) is 5.56 Å². The molecule has 8 nitrogen and oxygen atoms in total. The second-order valence-electron chi connectivity index (χ2n) is 10.1. The average Bonchev–Trinajstić information content (AvgIpc) is 2.85. The first-order chi connectivity index (χ1) is 16.3. The molecule has 1 saturated carbocycles. The summed E-state index contributed by atoms with van der Waals surface area (Å²) < 4.78 is 12.1. The highest BCUT2D eigenvalue weighted by Gasteiger charge is 2.36. The third kappa shape index (κ3) is 5.22. The normalized spacial score (nSPS) is 19.7. The minimum absolute atomic E-state index is 0.0218. The fourth-order valence-corrected chi connectivity index (χ4v) is 5.55. The summed E-state index contributed by atoms with van der Waals surface area (Å²) in [5, 5.41) is 11.6. The number of aliphatic hydroxyl groups is 1. The maximum Gasteiger partial charge on any atom is 0.261 e. The molecule has 2 aliphatic rings. The maximum atomic E-state index is 13.1. The number of piperidine rings is 1. The number of carbonyl (C=O) groups is 1. The van der Waals surface area contributed by atoms with Gasteiger partial charge in [-0.1, -0.05) is 39.0 Å². The molecule has 1 saturated heterocycles. The van der Waals surface area contributed by atoms with E-state index in [4.69, 9.17) is 9.47 Å². The van der Waals surface area contributed by atoms with Gasteiger partial charge >= 0.3 is 0 Å². The monoisotopic (exact) mass is 471 g/mol. The Kier molecular flexibility index (Phi) is 7.45. The van der Waals surface area contributed by atoms with Crippen molar-refractivity contribution >= 4 is 16.8 Å². The number of nitrogens with zero attached hydrogens (tertiary/aromatic N) is 3. The number of rotatable bonds is 7. The molecule has 0 spiro atoms. The van der Waals surface area contributed by atoms with Crippen molar-refractivity contribution in [1.82, 2.24) is 14.5 Å². The number of hydrogen-bond acceptors (Lipinski definition) is 6. The molecule has 1 aliphatic carbocycles. The van der Waals surface area contributed by atoms with Gasteiger partial charge in [-0.05, 0) is 31.2 Å². The van der Waals surface area contributed by atoms with Crippen LogP contribution in [0, 0.1) is 11.8 Å². The van der Waals surface area contributed by atoms with E-state index in [0.29, 0.717) is 54.3 Å². The van der Waals surface area contributed by atoms with Gasteiger partial charge in [-0.15, -0.1) is 0 Å². The second kappa shape index (κ2) is 10.3. The topological polar surface area (TPSA) is 93.9 Å². The lowest BCUT2D eigenvalue weighted by atomic mass is 9.82. The summed E-state index contributed by atoms with van der Waals surface area (Å²) in [6.07, 6.45) is 9.68. The van der Waals surface area contributed by atoms with Crippen molar-refractivity contribution in [2.24, 2.45) is 11.8 Å². The van der Waals surface area contributed by atoms with Crippen molar-refractivity contribution in [3.8, 4) is 11.5 Å². The molecule has 1 aromatic heterocycles. The van der Waals surface area contributed by atoms with Gasteiger partial charge < -0.3 is 19.5 Å². The summed E-state index contributed by atoms with van der Waals surface area (Å²) in [4.78, 5) is 32.4. The van der Waals surface area contributed by atoms with Crippen molar-refractivity contribution in [3.63, 3.8) is 0 Å². The summed E-state index contributed by atoms with van der Waals surface area (Å²) in [5.74, 6) is 1.85. The van der Waals surface area contributed by atoms with Crippen molar-refractivity contribution in [1.29, 1.82) is 0 Å². The van der Waals surface area contributed by atoms with Crippen LogP contribution in [0.2, 0.25) is 0 Å². The molecule has 34 heavy (non-hydrogen) atoms. The predicted molar refractivity (Wildman–Crippen MR) is 130 cm³/mol. The fraction of sp³-hybridized carbons (Fsp3) is 0.654. The van der Waals surface area contributed by atoms with Crippen LogP contribution in [0.25, 0.3) is 10.9 Å². The SMILES string of the molecule is COc1cc2ncn(CC3(O)CCN(C(=O)[C@H](C)CC4CCCCC4)CC3)c(=O)c2cc1OC. The Morgan fingerprint density at radius 1 is 1.15 bits per heavy atom. The third-order valence-corrected chi connectivity index (χ3v) is 7.63. The number of hydrogen-bond donors (Lipinski definition) is 1. The van der Waals surface area contributed by atoms with Crippen molar-refractivity contribution < 1.29 is 19.4 Å². The summed E-state index contributed by atoms with van der Waals surface area (Å²) >= 11 is 0.